The molecule has 0 heterocycles. The van der Waals surface area contributed by atoms with Gasteiger partial charge in [-0.2, -0.15) is 0 Å². The molecule has 0 aliphatic carbocycles. The summed E-state index contributed by atoms with van der Waals surface area (Å²) in [4.78, 5) is 0.717. The first-order chi connectivity index (χ1) is 9.70. The van der Waals surface area contributed by atoms with E-state index in [4.69, 9.17) is 17.0 Å². The normalized spacial score (nSPS) is 10.1. The van der Waals surface area contributed by atoms with Crippen LogP contribution >= 0.6 is 12.2 Å². The number of hydrogen-bond acceptors (Lipinski definition) is 2. The van der Waals surface area contributed by atoms with Gasteiger partial charge in [0, 0.05) is 6.54 Å². The van der Waals surface area contributed by atoms with Crippen LogP contribution in [0.25, 0.3) is 0 Å². The predicted octanol–water partition coefficient (Wildman–Crippen LogP) is 3.86. The van der Waals surface area contributed by atoms with Gasteiger partial charge in [0.25, 0.3) is 0 Å². The second kappa shape index (κ2) is 7.06. The summed E-state index contributed by atoms with van der Waals surface area (Å²) in [6.45, 7) is 5.41. The monoisotopic (exact) mass is 285 g/mol. The molecule has 0 fully saturated rings. The standard InChI is InChI=1S/C17H19NOS/c1-3-19-16-7-5-4-6-15(16)17(20)18-12-14-10-8-13(2)9-11-14/h4-11H,3,12H2,1-2H3,(H,18,20). The van der Waals surface area contributed by atoms with Crippen LogP contribution in [0.2, 0.25) is 0 Å². The average Bonchev–Trinajstić information content (AvgIpc) is 2.47. The minimum absolute atomic E-state index is 0.636. The van der Waals surface area contributed by atoms with Crippen LogP contribution in [0.4, 0.5) is 0 Å². The Morgan fingerprint density at radius 2 is 1.80 bits per heavy atom. The zero-order valence-corrected chi connectivity index (χ0v) is 12.7. The zero-order chi connectivity index (χ0) is 14.4. The quantitative estimate of drug-likeness (QED) is 0.843. The molecule has 0 aliphatic rings. The highest BCUT2D eigenvalue weighted by Crippen LogP contribution is 2.18. The van der Waals surface area contributed by atoms with Crippen molar-refractivity contribution in [3.63, 3.8) is 0 Å². The van der Waals surface area contributed by atoms with Crippen LogP contribution in [0.5, 0.6) is 5.75 Å². The highest BCUT2D eigenvalue weighted by molar-refractivity contribution is 7.80. The second-order valence-corrected chi connectivity index (χ2v) is 5.01. The van der Waals surface area contributed by atoms with Crippen molar-refractivity contribution in [1.82, 2.24) is 5.32 Å². The van der Waals surface area contributed by atoms with Gasteiger partial charge in [-0.3, -0.25) is 0 Å². The molecule has 0 aliphatic heterocycles. The summed E-state index contributed by atoms with van der Waals surface area (Å²) in [5.74, 6) is 0.830. The highest BCUT2D eigenvalue weighted by Gasteiger charge is 2.07. The van der Waals surface area contributed by atoms with Gasteiger partial charge in [-0.25, -0.2) is 0 Å². The summed E-state index contributed by atoms with van der Waals surface area (Å²) in [5.41, 5.74) is 3.42. The molecule has 0 saturated carbocycles. The third-order valence-electron chi connectivity index (χ3n) is 3.01. The van der Waals surface area contributed by atoms with Crippen LogP contribution in [0, 0.1) is 6.92 Å². The summed E-state index contributed by atoms with van der Waals surface area (Å²) < 4.78 is 5.60. The van der Waals surface area contributed by atoms with Crippen molar-refractivity contribution in [2.75, 3.05) is 6.61 Å². The smallest absolute Gasteiger partial charge is 0.129 e. The Labute approximate surface area is 125 Å². The van der Waals surface area contributed by atoms with Crippen LogP contribution in [-0.4, -0.2) is 11.6 Å². The summed E-state index contributed by atoms with van der Waals surface area (Å²) in [5, 5.41) is 3.28. The number of ether oxygens (including phenoxy) is 1. The Hall–Kier alpha value is -1.87. The maximum atomic E-state index is 5.60. The van der Waals surface area contributed by atoms with E-state index in [0.717, 1.165) is 22.8 Å². The molecule has 0 spiro atoms. The van der Waals surface area contributed by atoms with Gasteiger partial charge in [0.1, 0.15) is 10.7 Å². The van der Waals surface area contributed by atoms with Gasteiger partial charge in [-0.1, -0.05) is 54.2 Å². The van der Waals surface area contributed by atoms with Gasteiger partial charge in [-0.05, 0) is 31.5 Å². The van der Waals surface area contributed by atoms with Gasteiger partial charge in [0.05, 0.1) is 12.2 Å². The van der Waals surface area contributed by atoms with Gasteiger partial charge < -0.3 is 10.1 Å². The average molecular weight is 285 g/mol. The van der Waals surface area contributed by atoms with Crippen molar-refractivity contribution < 1.29 is 4.74 Å². The maximum Gasteiger partial charge on any atom is 0.129 e. The number of para-hydroxylation sites is 1. The summed E-state index contributed by atoms with van der Waals surface area (Å²) in [7, 11) is 0. The predicted molar refractivity (Wildman–Crippen MR) is 87.3 cm³/mol. The Balaban J connectivity index is 2.03. The highest BCUT2D eigenvalue weighted by atomic mass is 32.1. The van der Waals surface area contributed by atoms with E-state index in [0.29, 0.717) is 6.61 Å². The Bertz CT molecular complexity index is 578. The molecule has 0 saturated heterocycles. The lowest BCUT2D eigenvalue weighted by atomic mass is 10.1. The van der Waals surface area contributed by atoms with Gasteiger partial charge in [-0.15, -0.1) is 0 Å². The van der Waals surface area contributed by atoms with E-state index in [2.05, 4.69) is 36.5 Å². The number of hydrogen-bond donors (Lipinski definition) is 1. The molecule has 2 rings (SSSR count). The minimum Gasteiger partial charge on any atom is -0.493 e. The molecule has 0 radical (unpaired) electrons. The second-order valence-electron chi connectivity index (χ2n) is 4.60. The molecule has 0 aromatic heterocycles. The van der Waals surface area contributed by atoms with Crippen molar-refractivity contribution >= 4 is 17.2 Å². The Morgan fingerprint density at radius 1 is 1.10 bits per heavy atom. The van der Waals surface area contributed by atoms with Crippen LogP contribution in [0.1, 0.15) is 23.6 Å². The fourth-order valence-electron chi connectivity index (χ4n) is 1.92. The third-order valence-corrected chi connectivity index (χ3v) is 3.37. The molecule has 0 unspecified atom stereocenters. The van der Waals surface area contributed by atoms with Gasteiger partial charge in [0.2, 0.25) is 0 Å². The maximum absolute atomic E-state index is 5.60. The molecule has 0 amide bonds. The lowest BCUT2D eigenvalue weighted by Crippen LogP contribution is -2.22. The van der Waals surface area contributed by atoms with E-state index in [9.17, 15) is 0 Å². The zero-order valence-electron chi connectivity index (χ0n) is 11.8. The number of thiocarbonyl (C=S) groups is 1. The van der Waals surface area contributed by atoms with Crippen molar-refractivity contribution in [3.8, 4) is 5.75 Å². The minimum atomic E-state index is 0.636. The molecule has 2 aromatic carbocycles. The summed E-state index contributed by atoms with van der Waals surface area (Å²) in [6, 6.07) is 16.3. The van der Waals surface area contributed by atoms with Crippen LogP contribution < -0.4 is 10.1 Å². The SMILES string of the molecule is CCOc1ccccc1C(=S)NCc1ccc(C)cc1. The fraction of sp³-hybridized carbons (Fsp3) is 0.235. The molecular weight excluding hydrogens is 266 g/mol. The molecule has 2 nitrogen and oxygen atoms in total. The van der Waals surface area contributed by atoms with Gasteiger partial charge in [0.15, 0.2) is 0 Å². The van der Waals surface area contributed by atoms with E-state index < -0.39 is 0 Å². The van der Waals surface area contributed by atoms with E-state index in [1.165, 1.54) is 11.1 Å². The molecule has 20 heavy (non-hydrogen) atoms. The fourth-order valence-corrected chi connectivity index (χ4v) is 2.16. The number of rotatable bonds is 5. The molecule has 0 bridgehead atoms. The van der Waals surface area contributed by atoms with Crippen LogP contribution in [0.15, 0.2) is 48.5 Å². The first-order valence-corrected chi connectivity index (χ1v) is 7.17. The Kier molecular flexibility index (Phi) is 5.13. The molecule has 0 atom stereocenters. The van der Waals surface area contributed by atoms with Crippen molar-refractivity contribution in [3.05, 3.63) is 65.2 Å². The molecule has 3 heteroatoms. The summed E-state index contributed by atoms with van der Waals surface area (Å²) >= 11 is 5.46. The van der Waals surface area contributed by atoms with Crippen molar-refractivity contribution in [2.45, 2.75) is 20.4 Å². The summed E-state index contributed by atoms with van der Waals surface area (Å²) in [6.07, 6.45) is 0. The van der Waals surface area contributed by atoms with Crippen LogP contribution in [0.3, 0.4) is 0 Å². The Morgan fingerprint density at radius 3 is 2.50 bits per heavy atom. The lowest BCUT2D eigenvalue weighted by molar-refractivity contribution is 0.339. The van der Waals surface area contributed by atoms with Gasteiger partial charge >= 0.3 is 0 Å². The first kappa shape index (κ1) is 14.5. The third kappa shape index (κ3) is 3.81. The van der Waals surface area contributed by atoms with E-state index in [1.807, 2.05) is 31.2 Å². The first-order valence-electron chi connectivity index (χ1n) is 6.76. The topological polar surface area (TPSA) is 21.3 Å². The van der Waals surface area contributed by atoms with E-state index in [-0.39, 0.29) is 0 Å². The molecule has 2 aromatic rings. The van der Waals surface area contributed by atoms with E-state index >= 15 is 0 Å². The van der Waals surface area contributed by atoms with Crippen molar-refractivity contribution in [1.29, 1.82) is 0 Å². The van der Waals surface area contributed by atoms with Crippen molar-refractivity contribution in [2.24, 2.45) is 0 Å². The molecule has 104 valence electrons. The number of aryl methyl sites for hydroxylation is 1. The number of nitrogens with one attached hydrogen (secondary N) is 1. The molecule has 1 N–H and O–H groups in total. The van der Waals surface area contributed by atoms with Crippen LogP contribution in [-0.2, 0) is 6.54 Å². The number of benzene rings is 2. The van der Waals surface area contributed by atoms with E-state index in [1.54, 1.807) is 0 Å². The largest absolute Gasteiger partial charge is 0.493 e. The lowest BCUT2D eigenvalue weighted by Gasteiger charge is -2.12. The molecular formula is C17H19NOS.